The van der Waals surface area contributed by atoms with E-state index >= 15 is 0 Å². The smallest absolute Gasteiger partial charge is 0.347 e. The van der Waals surface area contributed by atoms with Crippen molar-refractivity contribution in [2.24, 2.45) is 0 Å². The fraction of sp³-hybridized carbons (Fsp3) is 0.167. The zero-order valence-corrected chi connectivity index (χ0v) is 12.2. The van der Waals surface area contributed by atoms with Crippen molar-refractivity contribution in [1.82, 2.24) is 4.98 Å². The molecule has 2 rings (SSSR count). The zero-order chi connectivity index (χ0) is 14.9. The number of nitrogens with zero attached hydrogens (tertiary/aromatic N) is 2. The minimum Gasteiger partial charge on any atom is -0.477 e. The predicted octanol–water partition coefficient (Wildman–Crippen LogP) is 3.52. The van der Waals surface area contributed by atoms with Crippen molar-refractivity contribution in [1.29, 1.82) is 0 Å². The van der Waals surface area contributed by atoms with Gasteiger partial charge in [0.25, 0.3) is 5.69 Å². The molecule has 8 heteroatoms. The molecular weight excluding hydrogens is 300 g/mol. The summed E-state index contributed by atoms with van der Waals surface area (Å²) in [5, 5.41) is 19.7. The first kappa shape index (κ1) is 14.5. The van der Waals surface area contributed by atoms with Crippen LogP contribution in [0.3, 0.4) is 0 Å². The third-order valence-electron chi connectivity index (χ3n) is 2.54. The summed E-state index contributed by atoms with van der Waals surface area (Å²) in [6, 6.07) is 4.56. The van der Waals surface area contributed by atoms with Gasteiger partial charge in [-0.15, -0.1) is 11.3 Å². The van der Waals surface area contributed by atoms with Gasteiger partial charge in [0.05, 0.1) is 10.6 Å². The van der Waals surface area contributed by atoms with Crippen LogP contribution in [0.1, 0.15) is 20.9 Å². The molecule has 0 radical (unpaired) electrons. The molecule has 0 saturated heterocycles. The molecule has 1 aromatic heterocycles. The van der Waals surface area contributed by atoms with Crippen LogP contribution in [0.2, 0.25) is 0 Å². The summed E-state index contributed by atoms with van der Waals surface area (Å²) in [5.74, 6) is -0.993. The molecule has 0 aliphatic carbocycles. The predicted molar refractivity (Wildman–Crippen MR) is 75.8 cm³/mol. The number of rotatable bonds is 4. The van der Waals surface area contributed by atoms with Crippen molar-refractivity contribution in [2.45, 2.75) is 23.1 Å². The summed E-state index contributed by atoms with van der Waals surface area (Å²) in [4.78, 5) is 26.4. The molecule has 0 bridgehead atoms. The van der Waals surface area contributed by atoms with Crippen molar-refractivity contribution in [3.05, 3.63) is 44.4 Å². The first-order chi connectivity index (χ1) is 9.38. The average Bonchev–Trinajstić information content (AvgIpc) is 2.73. The summed E-state index contributed by atoms with van der Waals surface area (Å²) < 4.78 is 0.608. The van der Waals surface area contributed by atoms with Crippen LogP contribution in [0.4, 0.5) is 5.69 Å². The van der Waals surface area contributed by atoms with Crippen LogP contribution in [-0.2, 0) is 0 Å². The Kier molecular flexibility index (Phi) is 4.05. The third-order valence-corrected chi connectivity index (χ3v) is 4.92. The summed E-state index contributed by atoms with van der Waals surface area (Å²) in [7, 11) is 0. The van der Waals surface area contributed by atoms with E-state index in [-0.39, 0.29) is 10.6 Å². The highest BCUT2D eigenvalue weighted by atomic mass is 32.2. The fourth-order valence-electron chi connectivity index (χ4n) is 1.57. The third kappa shape index (κ3) is 2.97. The Morgan fingerprint density at radius 2 is 2.15 bits per heavy atom. The maximum Gasteiger partial charge on any atom is 0.347 e. The number of hydrogen-bond acceptors (Lipinski definition) is 6. The Morgan fingerprint density at radius 3 is 2.65 bits per heavy atom. The molecule has 1 N–H and O–H groups in total. The van der Waals surface area contributed by atoms with Gasteiger partial charge in [0.15, 0.2) is 4.34 Å². The lowest BCUT2D eigenvalue weighted by molar-refractivity contribution is -0.385. The molecule has 0 fully saturated rings. The number of hydrogen-bond donors (Lipinski definition) is 1. The van der Waals surface area contributed by atoms with Gasteiger partial charge in [0.2, 0.25) is 0 Å². The number of carboxylic acids is 1. The van der Waals surface area contributed by atoms with Crippen molar-refractivity contribution in [3.63, 3.8) is 0 Å². The normalized spacial score (nSPS) is 10.5. The first-order valence-corrected chi connectivity index (χ1v) is 7.15. The lowest BCUT2D eigenvalue weighted by atomic mass is 10.2. The van der Waals surface area contributed by atoms with Crippen LogP contribution in [-0.4, -0.2) is 21.0 Å². The van der Waals surface area contributed by atoms with Crippen LogP contribution < -0.4 is 0 Å². The Bertz CT molecular complexity index is 697. The lowest BCUT2D eigenvalue weighted by Gasteiger charge is -2.02. The van der Waals surface area contributed by atoms with Crippen LogP contribution in [0.25, 0.3) is 0 Å². The van der Waals surface area contributed by atoms with E-state index in [1.165, 1.54) is 23.9 Å². The quantitative estimate of drug-likeness (QED) is 0.686. The maximum atomic E-state index is 11.0. The summed E-state index contributed by atoms with van der Waals surface area (Å²) in [6.07, 6.45) is 0. The number of thiazole rings is 1. The monoisotopic (exact) mass is 310 g/mol. The number of carbonyl (C=O) groups is 1. The Morgan fingerprint density at radius 1 is 1.45 bits per heavy atom. The summed E-state index contributed by atoms with van der Waals surface area (Å²) in [5.41, 5.74) is 1.27. The number of aromatic carboxylic acids is 1. The first-order valence-electron chi connectivity index (χ1n) is 5.52. The number of nitro benzene ring substituents is 1. The highest BCUT2D eigenvalue weighted by Gasteiger charge is 2.16. The number of aryl methyl sites for hydroxylation is 2. The Labute approximate surface area is 122 Å². The van der Waals surface area contributed by atoms with Crippen molar-refractivity contribution >= 4 is 34.8 Å². The molecule has 1 heterocycles. The van der Waals surface area contributed by atoms with Gasteiger partial charge in [0, 0.05) is 17.0 Å². The molecular formula is C12H10N2O4S2. The minimum atomic E-state index is -0.993. The number of nitro groups is 1. The largest absolute Gasteiger partial charge is 0.477 e. The van der Waals surface area contributed by atoms with Crippen molar-refractivity contribution in [3.8, 4) is 0 Å². The molecule has 0 unspecified atom stereocenters. The van der Waals surface area contributed by atoms with Gasteiger partial charge < -0.3 is 5.11 Å². The second-order valence-corrected chi connectivity index (χ2v) is 6.30. The minimum absolute atomic E-state index is 0.0356. The molecule has 0 aliphatic rings. The van der Waals surface area contributed by atoms with Gasteiger partial charge in [-0.05, 0) is 25.5 Å². The lowest BCUT2D eigenvalue weighted by Crippen LogP contribution is -1.94. The van der Waals surface area contributed by atoms with Gasteiger partial charge in [-0.3, -0.25) is 10.1 Å². The van der Waals surface area contributed by atoms with E-state index in [0.717, 1.165) is 21.8 Å². The molecule has 1 aromatic carbocycles. The second kappa shape index (κ2) is 5.59. The molecule has 0 spiro atoms. The number of non-ortho nitro benzene ring substituents is 1. The van der Waals surface area contributed by atoms with Gasteiger partial charge in [-0.2, -0.15) is 0 Å². The van der Waals surface area contributed by atoms with Crippen LogP contribution >= 0.6 is 23.1 Å². The molecule has 0 aliphatic heterocycles. The molecule has 0 amide bonds. The molecule has 2 aromatic rings. The van der Waals surface area contributed by atoms with Crippen molar-refractivity contribution < 1.29 is 14.8 Å². The van der Waals surface area contributed by atoms with E-state index in [1.54, 1.807) is 19.9 Å². The fourth-order valence-corrected chi connectivity index (χ4v) is 3.62. The number of carboxylic acid groups (broad SMARTS) is 1. The molecule has 0 saturated carbocycles. The van der Waals surface area contributed by atoms with Crippen LogP contribution in [0.5, 0.6) is 0 Å². The highest BCUT2D eigenvalue weighted by Crippen LogP contribution is 2.35. The van der Waals surface area contributed by atoms with Crippen molar-refractivity contribution in [2.75, 3.05) is 0 Å². The van der Waals surface area contributed by atoms with E-state index < -0.39 is 10.9 Å². The van der Waals surface area contributed by atoms with E-state index in [9.17, 15) is 14.9 Å². The SMILES string of the molecule is Cc1cc([N+](=O)[O-])ccc1Sc1nc(C)c(C(=O)O)s1. The Hall–Kier alpha value is -1.93. The standard InChI is InChI=1S/C12H10N2O4S2/c1-6-5-8(14(17)18)3-4-9(6)19-12-13-7(2)10(20-12)11(15)16/h3-5H,1-2H3,(H,15,16). The number of benzene rings is 1. The maximum absolute atomic E-state index is 11.0. The van der Waals surface area contributed by atoms with Gasteiger partial charge in [-0.1, -0.05) is 11.8 Å². The van der Waals surface area contributed by atoms with Gasteiger partial charge >= 0.3 is 5.97 Å². The van der Waals surface area contributed by atoms with E-state index in [2.05, 4.69) is 4.98 Å². The zero-order valence-electron chi connectivity index (χ0n) is 10.6. The number of aromatic nitrogens is 1. The molecule has 20 heavy (non-hydrogen) atoms. The van der Waals surface area contributed by atoms with Gasteiger partial charge in [-0.25, -0.2) is 9.78 Å². The summed E-state index contributed by atoms with van der Waals surface area (Å²) >= 11 is 2.41. The van der Waals surface area contributed by atoms with Crippen LogP contribution in [0, 0.1) is 24.0 Å². The Balaban J connectivity index is 2.28. The topological polar surface area (TPSA) is 93.3 Å². The van der Waals surface area contributed by atoms with E-state index in [4.69, 9.17) is 5.11 Å². The van der Waals surface area contributed by atoms with Crippen LogP contribution in [0.15, 0.2) is 27.4 Å². The summed E-state index contributed by atoms with van der Waals surface area (Å²) in [6.45, 7) is 3.42. The van der Waals surface area contributed by atoms with E-state index in [0.29, 0.717) is 10.0 Å². The van der Waals surface area contributed by atoms with E-state index in [1.807, 2.05) is 0 Å². The molecule has 0 atom stereocenters. The molecule has 6 nitrogen and oxygen atoms in total. The van der Waals surface area contributed by atoms with Gasteiger partial charge in [0.1, 0.15) is 4.88 Å². The highest BCUT2D eigenvalue weighted by molar-refractivity contribution is 8.01. The second-order valence-electron chi connectivity index (χ2n) is 4.01. The molecule has 104 valence electrons. The average molecular weight is 310 g/mol.